The first-order valence-electron chi connectivity index (χ1n) is 8.33. The van der Waals surface area contributed by atoms with E-state index in [-0.39, 0.29) is 18.1 Å². The zero-order valence-electron chi connectivity index (χ0n) is 13.4. The molecule has 0 bridgehead atoms. The molecule has 3 rings (SSSR count). The molecule has 0 aromatic heterocycles. The first-order valence-corrected chi connectivity index (χ1v) is 8.33. The van der Waals surface area contributed by atoms with Crippen molar-refractivity contribution in [2.24, 2.45) is 0 Å². The minimum Gasteiger partial charge on any atom is -0.435 e. The lowest BCUT2D eigenvalue weighted by Gasteiger charge is -2.39. The Bertz CT molecular complexity index is 508. The number of alkyl halides is 2. The molecule has 2 saturated heterocycles. The maximum Gasteiger partial charge on any atom is 0.387 e. The molecule has 0 saturated carbocycles. The lowest BCUT2D eigenvalue weighted by Crippen LogP contribution is -2.48. The van der Waals surface area contributed by atoms with E-state index < -0.39 is 12.7 Å². The second-order valence-electron chi connectivity index (χ2n) is 6.13. The molecule has 2 unspecified atom stereocenters. The lowest BCUT2D eigenvalue weighted by molar-refractivity contribution is -0.114. The van der Waals surface area contributed by atoms with Gasteiger partial charge in [-0.25, -0.2) is 0 Å². The highest BCUT2D eigenvalue weighted by Gasteiger charge is 2.34. The van der Waals surface area contributed by atoms with E-state index in [9.17, 15) is 13.9 Å². The monoisotopic (exact) mass is 343 g/mol. The third kappa shape index (κ3) is 4.42. The molecule has 2 heterocycles. The fourth-order valence-electron chi connectivity index (χ4n) is 3.35. The summed E-state index contributed by atoms with van der Waals surface area (Å²) >= 11 is 0. The quantitative estimate of drug-likeness (QED) is 0.860. The van der Waals surface area contributed by atoms with E-state index in [0.29, 0.717) is 25.3 Å². The smallest absolute Gasteiger partial charge is 0.387 e. The topological polar surface area (TPSA) is 51.2 Å². The van der Waals surface area contributed by atoms with Crippen molar-refractivity contribution in [2.75, 3.05) is 26.3 Å². The molecule has 0 amide bonds. The summed E-state index contributed by atoms with van der Waals surface area (Å²) in [5.74, 6) is 0.0876. The Morgan fingerprint density at radius 3 is 2.54 bits per heavy atom. The maximum absolute atomic E-state index is 12.2. The maximum atomic E-state index is 12.2. The number of piperidine rings is 1. The summed E-state index contributed by atoms with van der Waals surface area (Å²) in [7, 11) is 0. The van der Waals surface area contributed by atoms with Crippen molar-refractivity contribution >= 4 is 0 Å². The molecule has 134 valence electrons. The van der Waals surface area contributed by atoms with Crippen LogP contribution in [0, 0.1) is 0 Å². The van der Waals surface area contributed by atoms with E-state index in [1.165, 1.54) is 12.1 Å². The highest BCUT2D eigenvalue weighted by Crippen LogP contribution is 2.27. The van der Waals surface area contributed by atoms with Crippen LogP contribution in [0.2, 0.25) is 0 Å². The average molecular weight is 343 g/mol. The number of aliphatic hydroxyl groups excluding tert-OH is 1. The van der Waals surface area contributed by atoms with E-state index in [1.807, 2.05) is 0 Å². The molecule has 0 spiro atoms. The lowest BCUT2D eigenvalue weighted by atomic mass is 9.99. The third-order valence-electron chi connectivity index (χ3n) is 4.52. The van der Waals surface area contributed by atoms with Crippen molar-refractivity contribution in [3.05, 3.63) is 29.8 Å². The van der Waals surface area contributed by atoms with Gasteiger partial charge in [-0.2, -0.15) is 8.78 Å². The van der Waals surface area contributed by atoms with Crippen molar-refractivity contribution < 1.29 is 28.1 Å². The van der Waals surface area contributed by atoms with Gasteiger partial charge in [-0.05, 0) is 37.1 Å². The second kappa shape index (κ2) is 8.20. The van der Waals surface area contributed by atoms with Gasteiger partial charge in [0.05, 0.1) is 25.4 Å². The van der Waals surface area contributed by atoms with Gasteiger partial charge in [-0.3, -0.25) is 4.90 Å². The minimum absolute atomic E-state index is 0.0876. The fourth-order valence-corrected chi connectivity index (χ4v) is 3.35. The molecule has 7 heteroatoms. The third-order valence-corrected chi connectivity index (χ3v) is 4.52. The first-order chi connectivity index (χ1) is 11.6. The molecule has 24 heavy (non-hydrogen) atoms. The number of ether oxygens (including phenoxy) is 3. The van der Waals surface area contributed by atoms with Gasteiger partial charge in [0.15, 0.2) is 6.29 Å². The van der Waals surface area contributed by atoms with Crippen LogP contribution in [0.3, 0.4) is 0 Å². The van der Waals surface area contributed by atoms with Crippen molar-refractivity contribution in [3.8, 4) is 5.75 Å². The standard InChI is InChI=1S/C17H23F2NO4/c18-17(19)24-13-6-4-12(5-7-13)15(21)11-20-8-2-1-3-14(20)16-22-9-10-23-16/h4-7,14-17,21H,1-3,8-11H2. The van der Waals surface area contributed by atoms with Crippen LogP contribution >= 0.6 is 0 Å². The summed E-state index contributed by atoms with van der Waals surface area (Å²) in [4.78, 5) is 2.20. The SMILES string of the molecule is OC(CN1CCCCC1C1OCCO1)c1ccc(OC(F)F)cc1. The Hall–Kier alpha value is -1.28. The van der Waals surface area contributed by atoms with Crippen LogP contribution in [0.5, 0.6) is 5.75 Å². The normalized spacial score (nSPS) is 24.4. The number of β-amino-alcohol motifs (C(OH)–C–C–N with tert-alkyl or cyclic N) is 1. The van der Waals surface area contributed by atoms with Gasteiger partial charge in [-0.1, -0.05) is 18.6 Å². The van der Waals surface area contributed by atoms with Crippen LogP contribution in [0.4, 0.5) is 8.78 Å². The molecule has 1 aromatic carbocycles. The van der Waals surface area contributed by atoms with Gasteiger partial charge < -0.3 is 19.3 Å². The summed E-state index contributed by atoms with van der Waals surface area (Å²) in [6.07, 6.45) is 2.27. The molecule has 5 nitrogen and oxygen atoms in total. The molecule has 2 aliphatic heterocycles. The number of hydrogen-bond acceptors (Lipinski definition) is 5. The molecule has 2 fully saturated rings. The van der Waals surface area contributed by atoms with Gasteiger partial charge in [-0.15, -0.1) is 0 Å². The fraction of sp³-hybridized carbons (Fsp3) is 0.647. The summed E-state index contributed by atoms with van der Waals surface area (Å²) < 4.78 is 39.9. The van der Waals surface area contributed by atoms with Crippen molar-refractivity contribution in [3.63, 3.8) is 0 Å². The summed E-state index contributed by atoms with van der Waals surface area (Å²) in [5.41, 5.74) is 0.675. The van der Waals surface area contributed by atoms with E-state index in [4.69, 9.17) is 9.47 Å². The van der Waals surface area contributed by atoms with Crippen molar-refractivity contribution in [1.82, 2.24) is 4.90 Å². The van der Waals surface area contributed by atoms with Gasteiger partial charge in [0.25, 0.3) is 0 Å². The zero-order chi connectivity index (χ0) is 16.9. The Morgan fingerprint density at radius 1 is 1.17 bits per heavy atom. The Balaban J connectivity index is 1.60. The largest absolute Gasteiger partial charge is 0.435 e. The molecule has 1 N–H and O–H groups in total. The highest BCUT2D eigenvalue weighted by atomic mass is 19.3. The molecule has 2 atom stereocenters. The van der Waals surface area contributed by atoms with Gasteiger partial charge in [0, 0.05) is 6.54 Å². The predicted octanol–water partition coefficient (Wildman–Crippen LogP) is 2.55. The Morgan fingerprint density at radius 2 is 1.88 bits per heavy atom. The Kier molecular flexibility index (Phi) is 5.99. The summed E-state index contributed by atoms with van der Waals surface area (Å²) in [6, 6.07) is 6.27. The van der Waals surface area contributed by atoms with Gasteiger partial charge in [0.1, 0.15) is 5.75 Å². The molecular formula is C17H23F2NO4. The van der Waals surface area contributed by atoms with Crippen LogP contribution in [-0.2, 0) is 9.47 Å². The van der Waals surface area contributed by atoms with Crippen LogP contribution < -0.4 is 4.74 Å². The number of hydrogen-bond donors (Lipinski definition) is 1. The van der Waals surface area contributed by atoms with Crippen LogP contribution in [-0.4, -0.2) is 55.3 Å². The molecule has 2 aliphatic rings. The number of halogens is 2. The number of rotatable bonds is 6. The van der Waals surface area contributed by atoms with Gasteiger partial charge >= 0.3 is 6.61 Å². The highest BCUT2D eigenvalue weighted by molar-refractivity contribution is 5.28. The number of aliphatic hydroxyl groups is 1. The van der Waals surface area contributed by atoms with Crippen molar-refractivity contribution in [1.29, 1.82) is 0 Å². The minimum atomic E-state index is -2.85. The summed E-state index contributed by atoms with van der Waals surface area (Å²) in [5, 5.41) is 10.5. The number of benzene rings is 1. The van der Waals surface area contributed by atoms with Gasteiger partial charge in [0.2, 0.25) is 0 Å². The van der Waals surface area contributed by atoms with Crippen molar-refractivity contribution in [2.45, 2.75) is 44.3 Å². The summed E-state index contributed by atoms with van der Waals surface area (Å²) in [6.45, 7) is -0.270. The van der Waals surface area contributed by atoms with E-state index >= 15 is 0 Å². The van der Waals surface area contributed by atoms with E-state index in [1.54, 1.807) is 12.1 Å². The molecule has 1 aromatic rings. The second-order valence-corrected chi connectivity index (χ2v) is 6.13. The van der Waals surface area contributed by atoms with E-state index in [0.717, 1.165) is 25.8 Å². The first kappa shape index (κ1) is 17.5. The average Bonchev–Trinajstić information content (AvgIpc) is 3.10. The molecule has 0 aliphatic carbocycles. The molecule has 0 radical (unpaired) electrons. The zero-order valence-corrected chi connectivity index (χ0v) is 13.4. The number of nitrogens with zero attached hydrogens (tertiary/aromatic N) is 1. The van der Waals surface area contributed by atoms with Crippen LogP contribution in [0.15, 0.2) is 24.3 Å². The predicted molar refractivity (Wildman–Crippen MR) is 82.9 cm³/mol. The van der Waals surface area contributed by atoms with Crippen LogP contribution in [0.25, 0.3) is 0 Å². The Labute approximate surface area is 140 Å². The van der Waals surface area contributed by atoms with E-state index in [2.05, 4.69) is 9.64 Å². The van der Waals surface area contributed by atoms with Crippen LogP contribution in [0.1, 0.15) is 30.9 Å². The number of likely N-dealkylation sites (tertiary alicyclic amines) is 1. The molecular weight excluding hydrogens is 320 g/mol.